The molecule has 0 atom stereocenters. The summed E-state index contributed by atoms with van der Waals surface area (Å²) in [6.07, 6.45) is 5.47. The molecule has 0 radical (unpaired) electrons. The molecule has 10 heteroatoms. The van der Waals surface area contributed by atoms with Gasteiger partial charge in [-0.05, 0) is 62.7 Å². The van der Waals surface area contributed by atoms with Gasteiger partial charge < -0.3 is 10.6 Å². The number of anilines is 2. The summed E-state index contributed by atoms with van der Waals surface area (Å²) in [5, 5.41) is 14.2. The van der Waals surface area contributed by atoms with E-state index in [4.69, 9.17) is 12.2 Å². The van der Waals surface area contributed by atoms with Crippen molar-refractivity contribution in [3.05, 3.63) is 59.9 Å². The highest BCUT2D eigenvalue weighted by molar-refractivity contribution is 7.80. The predicted octanol–water partition coefficient (Wildman–Crippen LogP) is 2.65. The molecule has 154 valence electrons. The molecule has 0 unspecified atom stereocenters. The van der Waals surface area contributed by atoms with Gasteiger partial charge in [-0.2, -0.15) is 10.1 Å². The Bertz CT molecular complexity index is 1020. The van der Waals surface area contributed by atoms with Crippen LogP contribution in [0.3, 0.4) is 0 Å². The molecule has 1 aromatic carbocycles. The largest absolute Gasteiger partial charge is 0.358 e. The topological polar surface area (TPSA) is 105 Å². The van der Waals surface area contributed by atoms with E-state index < -0.39 is 0 Å². The van der Waals surface area contributed by atoms with Gasteiger partial charge in [0.25, 0.3) is 0 Å². The van der Waals surface area contributed by atoms with Gasteiger partial charge in [0.15, 0.2) is 5.11 Å². The molecule has 2 aromatic heterocycles. The van der Waals surface area contributed by atoms with Crippen LogP contribution in [0.5, 0.6) is 0 Å². The number of guanidine groups is 1. The Morgan fingerprint density at radius 1 is 1.13 bits per heavy atom. The minimum absolute atomic E-state index is 0.427. The van der Waals surface area contributed by atoms with Crippen molar-refractivity contribution in [2.45, 2.75) is 39.3 Å². The fourth-order valence-electron chi connectivity index (χ4n) is 2.84. The first kappa shape index (κ1) is 19.9. The van der Waals surface area contributed by atoms with Crippen molar-refractivity contribution in [3.8, 4) is 0 Å². The fraction of sp³-hybridized carbons (Fsp3) is 0.300. The third-order valence-corrected chi connectivity index (χ3v) is 4.57. The molecule has 0 bridgehead atoms. The minimum atomic E-state index is 0.427. The molecule has 0 amide bonds. The van der Waals surface area contributed by atoms with E-state index >= 15 is 0 Å². The molecule has 1 fully saturated rings. The first-order valence-electron chi connectivity index (χ1n) is 9.70. The molecule has 1 saturated carbocycles. The summed E-state index contributed by atoms with van der Waals surface area (Å²) in [6.45, 7) is 4.51. The van der Waals surface area contributed by atoms with Crippen LogP contribution in [0, 0.1) is 13.8 Å². The maximum Gasteiger partial charge on any atom is 0.229 e. The minimum Gasteiger partial charge on any atom is -0.358 e. The Balaban J connectivity index is 1.49. The van der Waals surface area contributed by atoms with Gasteiger partial charge in [-0.3, -0.25) is 5.32 Å². The summed E-state index contributed by atoms with van der Waals surface area (Å²) >= 11 is 5.38. The van der Waals surface area contributed by atoms with Gasteiger partial charge in [-0.1, -0.05) is 12.1 Å². The lowest BCUT2D eigenvalue weighted by atomic mass is 10.2. The second-order valence-corrected chi connectivity index (χ2v) is 7.59. The van der Waals surface area contributed by atoms with E-state index in [1.54, 1.807) is 11.0 Å². The van der Waals surface area contributed by atoms with Crippen LogP contribution < -0.4 is 16.0 Å². The number of hydrogen-bond donors (Lipinski definition) is 3. The number of thiocarbonyl (C=S) groups is 1. The summed E-state index contributed by atoms with van der Waals surface area (Å²) < 4.78 is 1.77. The van der Waals surface area contributed by atoms with Gasteiger partial charge in [0.05, 0.1) is 6.54 Å². The molecule has 3 N–H and O–H groups in total. The smallest absolute Gasteiger partial charge is 0.229 e. The third-order valence-electron chi connectivity index (χ3n) is 4.36. The Hall–Kier alpha value is -3.40. The van der Waals surface area contributed by atoms with Gasteiger partial charge in [0, 0.05) is 23.1 Å². The van der Waals surface area contributed by atoms with Crippen LogP contribution in [0.25, 0.3) is 0 Å². The van der Waals surface area contributed by atoms with E-state index in [0.29, 0.717) is 29.6 Å². The molecule has 0 spiro atoms. The Kier molecular flexibility index (Phi) is 5.94. The second kappa shape index (κ2) is 8.95. The number of rotatable bonds is 5. The molecule has 0 saturated heterocycles. The molecule has 30 heavy (non-hydrogen) atoms. The zero-order valence-electron chi connectivity index (χ0n) is 16.8. The highest BCUT2D eigenvalue weighted by atomic mass is 32.1. The number of nitrogens with zero attached hydrogens (tertiary/aromatic N) is 6. The Morgan fingerprint density at radius 3 is 2.50 bits per heavy atom. The van der Waals surface area contributed by atoms with Crippen molar-refractivity contribution in [2.75, 3.05) is 10.6 Å². The number of aromatic nitrogens is 5. The Labute approximate surface area is 180 Å². The van der Waals surface area contributed by atoms with Crippen LogP contribution in [0.2, 0.25) is 0 Å². The zero-order chi connectivity index (χ0) is 20.9. The van der Waals surface area contributed by atoms with Crippen LogP contribution >= 0.6 is 12.2 Å². The maximum atomic E-state index is 5.38. The average molecular weight is 422 g/mol. The fourth-order valence-corrected chi connectivity index (χ4v) is 3.10. The van der Waals surface area contributed by atoms with Gasteiger partial charge in [0.1, 0.15) is 12.7 Å². The number of aryl methyl sites for hydroxylation is 2. The summed E-state index contributed by atoms with van der Waals surface area (Å²) in [7, 11) is 0. The van der Waals surface area contributed by atoms with Crippen molar-refractivity contribution in [2.24, 2.45) is 4.99 Å². The van der Waals surface area contributed by atoms with E-state index in [-0.39, 0.29) is 0 Å². The average Bonchev–Trinajstić information content (AvgIpc) is 3.34. The number of aliphatic imine (C=N–C) groups is 1. The van der Waals surface area contributed by atoms with E-state index in [1.807, 2.05) is 44.2 Å². The molecule has 9 nitrogen and oxygen atoms in total. The lowest BCUT2D eigenvalue weighted by molar-refractivity contribution is 0.685. The molecule has 2 heterocycles. The SMILES string of the molecule is Cc1cc(C)nc(N/C(=N/C(=S)NC2CC2)Nc2ccc(Cn3cncn3)cc2)n1. The van der Waals surface area contributed by atoms with Crippen LogP contribution in [-0.2, 0) is 6.54 Å². The van der Waals surface area contributed by atoms with Gasteiger partial charge in [-0.25, -0.2) is 19.6 Å². The lowest BCUT2D eigenvalue weighted by Gasteiger charge is -2.13. The van der Waals surface area contributed by atoms with Gasteiger partial charge in [0.2, 0.25) is 11.9 Å². The van der Waals surface area contributed by atoms with E-state index in [2.05, 4.69) is 41.0 Å². The molecular weight excluding hydrogens is 398 g/mol. The molecule has 1 aliphatic carbocycles. The van der Waals surface area contributed by atoms with Gasteiger partial charge in [-0.15, -0.1) is 0 Å². The van der Waals surface area contributed by atoms with Crippen LogP contribution in [0.1, 0.15) is 29.8 Å². The zero-order valence-corrected chi connectivity index (χ0v) is 17.6. The molecular formula is C20H23N9S. The van der Waals surface area contributed by atoms with Crippen LogP contribution in [0.15, 0.2) is 48.0 Å². The second-order valence-electron chi connectivity index (χ2n) is 7.20. The molecule has 3 aromatic rings. The molecule has 4 rings (SSSR count). The van der Waals surface area contributed by atoms with Crippen molar-refractivity contribution in [1.29, 1.82) is 0 Å². The highest BCUT2D eigenvalue weighted by Gasteiger charge is 2.22. The van der Waals surface area contributed by atoms with Crippen LogP contribution in [0.4, 0.5) is 11.6 Å². The standard InChI is InChI=1S/C20H23N9S/c1-13-9-14(2)24-18(23-13)27-19(28-20(30)26-17-7-8-17)25-16-5-3-15(4-6-16)10-29-12-21-11-22-29/h3-6,9,11-12,17H,7-8,10H2,1-2H3,(H3,23,24,25,26,27,28,30). The summed E-state index contributed by atoms with van der Waals surface area (Å²) in [4.78, 5) is 17.3. The first-order chi connectivity index (χ1) is 14.5. The Morgan fingerprint density at radius 2 is 1.87 bits per heavy atom. The predicted molar refractivity (Wildman–Crippen MR) is 121 cm³/mol. The summed E-state index contributed by atoms with van der Waals surface area (Å²) in [6, 6.07) is 10.3. The van der Waals surface area contributed by atoms with E-state index in [9.17, 15) is 0 Å². The number of nitrogens with one attached hydrogen (secondary N) is 3. The summed E-state index contributed by atoms with van der Waals surface area (Å²) in [5.74, 6) is 0.929. The summed E-state index contributed by atoms with van der Waals surface area (Å²) in [5.41, 5.74) is 3.73. The third kappa shape index (κ3) is 5.80. The normalized spacial score (nSPS) is 13.7. The van der Waals surface area contributed by atoms with Crippen molar-refractivity contribution in [1.82, 2.24) is 30.0 Å². The lowest BCUT2D eigenvalue weighted by Crippen LogP contribution is -2.29. The molecule has 1 aliphatic rings. The van der Waals surface area contributed by atoms with Crippen molar-refractivity contribution >= 4 is 34.9 Å². The monoisotopic (exact) mass is 421 g/mol. The highest BCUT2D eigenvalue weighted by Crippen LogP contribution is 2.19. The quantitative estimate of drug-likeness (QED) is 0.328. The number of benzene rings is 1. The van der Waals surface area contributed by atoms with Crippen LogP contribution in [-0.4, -0.2) is 41.8 Å². The molecule has 0 aliphatic heterocycles. The van der Waals surface area contributed by atoms with E-state index in [0.717, 1.165) is 35.5 Å². The number of hydrogen-bond acceptors (Lipinski definition) is 5. The van der Waals surface area contributed by atoms with E-state index in [1.165, 1.54) is 6.33 Å². The first-order valence-corrected chi connectivity index (χ1v) is 10.1. The van der Waals surface area contributed by atoms with Crippen molar-refractivity contribution < 1.29 is 0 Å². The van der Waals surface area contributed by atoms with Crippen molar-refractivity contribution in [3.63, 3.8) is 0 Å². The maximum absolute atomic E-state index is 5.38. The van der Waals surface area contributed by atoms with Gasteiger partial charge >= 0.3 is 0 Å².